The van der Waals surface area contributed by atoms with Gasteiger partial charge in [0.05, 0.1) is 304 Å². The summed E-state index contributed by atoms with van der Waals surface area (Å²) >= 11 is 5.53. The van der Waals surface area contributed by atoms with Crippen LogP contribution in [-0.4, -0.2) is 322 Å². The Morgan fingerprint density at radius 2 is 0.389 bits per heavy atom. The molecule has 0 aromatic heterocycles. The molecule has 0 heterocycles. The summed E-state index contributed by atoms with van der Waals surface area (Å²) in [4.78, 5) is 12.9. The third kappa shape index (κ3) is 79.3. The van der Waals surface area contributed by atoms with Crippen molar-refractivity contribution in [3.8, 4) is 0 Å². The molecule has 0 aliphatic rings. The van der Waals surface area contributed by atoms with Crippen molar-refractivity contribution in [2.24, 2.45) is 5.92 Å². The SMILES string of the molecule is CCCCCCCCC(CCCCCC)C(=O)NCCOCCOCCOCCOCCOCCOCCOCCOCCOCCOCCOCCOCCOCCOCCOCCOCCOCCOCCOCCOCCOCCOCCOCCCl. The number of hydrogen-bond acceptors (Lipinski definition) is 24. The number of unbranched alkanes of at least 4 members (excludes halogenated alkanes) is 8. The van der Waals surface area contributed by atoms with E-state index >= 15 is 0 Å². The van der Waals surface area contributed by atoms with E-state index in [0.29, 0.717) is 316 Å². The summed E-state index contributed by atoms with van der Waals surface area (Å²) in [7, 11) is 0. The van der Waals surface area contributed by atoms with Gasteiger partial charge in [-0.25, -0.2) is 0 Å². The predicted molar refractivity (Wildman–Crippen MR) is 343 cm³/mol. The molecule has 90 heavy (non-hydrogen) atoms. The molecule has 1 atom stereocenters. The summed E-state index contributed by atoms with van der Waals surface area (Å²) in [6.45, 7) is 27.7. The second-order valence-electron chi connectivity index (χ2n) is 20.2. The molecule has 25 nitrogen and oxygen atoms in total. The van der Waals surface area contributed by atoms with E-state index in [4.69, 9.17) is 121 Å². The topological polar surface area (TPSA) is 241 Å². The van der Waals surface area contributed by atoms with E-state index < -0.39 is 0 Å². The molecule has 0 fully saturated rings. The number of amides is 1. The highest BCUT2D eigenvalue weighted by Crippen LogP contribution is 2.19. The predicted octanol–water partition coefficient (Wildman–Crippen LogP) is 6.06. The molecule has 0 saturated carbocycles. The molecule has 0 aromatic carbocycles. The Bertz CT molecular complexity index is 1300. The number of halogens is 1. The standard InChI is InChI=1S/C64H128ClNO24/c1-3-5-7-9-10-12-14-63(13-11-8-6-4-2)64(67)66-16-18-69-20-22-71-24-26-73-28-30-75-32-34-77-36-38-79-40-42-81-44-46-83-48-50-85-52-54-87-56-58-89-60-62-90-61-59-88-57-55-86-53-51-84-49-47-82-45-43-80-41-39-78-37-35-76-33-31-74-29-27-72-25-23-70-21-19-68-17-15-65/h63H,3-62H2,1-2H3,(H,66,67). The van der Waals surface area contributed by atoms with E-state index in [1.807, 2.05) is 0 Å². The average Bonchev–Trinajstić information content (AvgIpc) is 3.57. The number of ether oxygens (including phenoxy) is 23. The lowest BCUT2D eigenvalue weighted by molar-refractivity contribution is -0.125. The quantitative estimate of drug-likeness (QED) is 0.0537. The van der Waals surface area contributed by atoms with Crippen LogP contribution in [0.5, 0.6) is 0 Å². The van der Waals surface area contributed by atoms with E-state index in [2.05, 4.69) is 19.2 Å². The average molecular weight is 1330 g/mol. The minimum Gasteiger partial charge on any atom is -0.378 e. The summed E-state index contributed by atoms with van der Waals surface area (Å²) < 4.78 is 127. The molecule has 0 aliphatic carbocycles. The first-order valence-electron chi connectivity index (χ1n) is 33.9. The number of nitrogens with one attached hydrogen (secondary N) is 1. The Morgan fingerprint density at radius 3 is 0.578 bits per heavy atom. The van der Waals surface area contributed by atoms with Gasteiger partial charge in [0, 0.05) is 18.3 Å². The largest absolute Gasteiger partial charge is 0.378 e. The Hall–Kier alpha value is -1.16. The van der Waals surface area contributed by atoms with Gasteiger partial charge in [-0.3, -0.25) is 4.79 Å². The van der Waals surface area contributed by atoms with Crippen LogP contribution in [0.4, 0.5) is 0 Å². The molecule has 26 heteroatoms. The van der Waals surface area contributed by atoms with Gasteiger partial charge in [-0.2, -0.15) is 0 Å². The molecule has 0 spiro atoms. The molecule has 1 amide bonds. The van der Waals surface area contributed by atoms with Crippen LogP contribution in [0.2, 0.25) is 0 Å². The molecule has 1 unspecified atom stereocenters. The molecule has 0 rings (SSSR count). The summed E-state index contributed by atoms with van der Waals surface area (Å²) in [5, 5.41) is 3.10. The van der Waals surface area contributed by atoms with Crippen LogP contribution in [0.1, 0.15) is 90.9 Å². The normalized spacial score (nSPS) is 12.1. The second-order valence-corrected chi connectivity index (χ2v) is 20.5. The van der Waals surface area contributed by atoms with Gasteiger partial charge in [-0.15, -0.1) is 11.6 Å². The van der Waals surface area contributed by atoms with E-state index in [0.717, 1.165) is 25.7 Å². The zero-order chi connectivity index (χ0) is 64.6. The van der Waals surface area contributed by atoms with Crippen molar-refractivity contribution in [2.45, 2.75) is 90.9 Å². The maximum atomic E-state index is 12.9. The molecule has 540 valence electrons. The first-order valence-corrected chi connectivity index (χ1v) is 34.4. The van der Waals surface area contributed by atoms with Gasteiger partial charge in [-0.1, -0.05) is 78.1 Å². The summed E-state index contributed by atoms with van der Waals surface area (Å²) in [5.74, 6) is 0.792. The highest BCUT2D eigenvalue weighted by molar-refractivity contribution is 6.17. The lowest BCUT2D eigenvalue weighted by atomic mass is 9.93. The fourth-order valence-corrected chi connectivity index (χ4v) is 7.89. The summed E-state index contributed by atoms with van der Waals surface area (Å²) in [6, 6.07) is 0. The van der Waals surface area contributed by atoms with Gasteiger partial charge >= 0.3 is 0 Å². The minimum atomic E-state index is 0.119. The third-order valence-corrected chi connectivity index (χ3v) is 12.8. The number of alkyl halides is 1. The maximum absolute atomic E-state index is 12.9. The Kier molecular flexibility index (Phi) is 82.8. The molecular formula is C64H128ClNO24. The fourth-order valence-electron chi connectivity index (χ4n) is 7.78. The first-order chi connectivity index (χ1) is 44.8. The van der Waals surface area contributed by atoms with Gasteiger partial charge in [0.2, 0.25) is 5.91 Å². The van der Waals surface area contributed by atoms with Gasteiger partial charge in [0.15, 0.2) is 0 Å². The van der Waals surface area contributed by atoms with Crippen molar-refractivity contribution in [1.29, 1.82) is 0 Å². The zero-order valence-electron chi connectivity index (χ0n) is 56.2. The van der Waals surface area contributed by atoms with Crippen LogP contribution >= 0.6 is 11.6 Å². The molecule has 0 bridgehead atoms. The minimum absolute atomic E-state index is 0.119. The van der Waals surface area contributed by atoms with Crippen LogP contribution in [0.15, 0.2) is 0 Å². The summed E-state index contributed by atoms with van der Waals surface area (Å²) in [6.07, 6.45) is 14.3. The number of carbonyl (C=O) groups excluding carboxylic acids is 1. The van der Waals surface area contributed by atoms with Gasteiger partial charge in [0.25, 0.3) is 0 Å². The van der Waals surface area contributed by atoms with E-state index in [1.165, 1.54) is 51.4 Å². The second kappa shape index (κ2) is 83.9. The third-order valence-electron chi connectivity index (χ3n) is 12.6. The number of rotatable bonds is 84. The Morgan fingerprint density at radius 1 is 0.233 bits per heavy atom. The molecular weight excluding hydrogens is 1200 g/mol. The van der Waals surface area contributed by atoms with Crippen molar-refractivity contribution in [3.63, 3.8) is 0 Å². The van der Waals surface area contributed by atoms with Crippen LogP contribution in [0.3, 0.4) is 0 Å². The highest BCUT2D eigenvalue weighted by atomic mass is 35.5. The zero-order valence-corrected chi connectivity index (χ0v) is 56.9. The van der Waals surface area contributed by atoms with E-state index in [9.17, 15) is 4.79 Å². The van der Waals surface area contributed by atoms with E-state index in [1.54, 1.807) is 0 Å². The van der Waals surface area contributed by atoms with Gasteiger partial charge in [-0.05, 0) is 12.8 Å². The molecule has 0 saturated heterocycles. The lowest BCUT2D eigenvalue weighted by Crippen LogP contribution is -2.33. The molecule has 0 radical (unpaired) electrons. The smallest absolute Gasteiger partial charge is 0.223 e. The van der Waals surface area contributed by atoms with Crippen molar-refractivity contribution >= 4 is 17.5 Å². The highest BCUT2D eigenvalue weighted by Gasteiger charge is 2.17. The molecule has 1 N–H and O–H groups in total. The lowest BCUT2D eigenvalue weighted by Gasteiger charge is -2.17. The molecule has 0 aromatic rings. The van der Waals surface area contributed by atoms with Crippen LogP contribution in [0, 0.1) is 5.92 Å². The summed E-state index contributed by atoms with van der Waals surface area (Å²) in [5.41, 5.74) is 0. The number of hydrogen-bond donors (Lipinski definition) is 1. The van der Waals surface area contributed by atoms with Gasteiger partial charge in [0.1, 0.15) is 0 Å². The monoisotopic (exact) mass is 1330 g/mol. The van der Waals surface area contributed by atoms with Crippen LogP contribution in [0.25, 0.3) is 0 Å². The Labute approximate surface area is 547 Å². The molecule has 0 aliphatic heterocycles. The van der Waals surface area contributed by atoms with Crippen LogP contribution in [-0.2, 0) is 114 Å². The van der Waals surface area contributed by atoms with Crippen molar-refractivity contribution < 1.29 is 114 Å². The van der Waals surface area contributed by atoms with E-state index in [-0.39, 0.29) is 11.8 Å². The number of carbonyl (C=O) groups is 1. The van der Waals surface area contributed by atoms with Crippen molar-refractivity contribution in [2.75, 3.05) is 316 Å². The fraction of sp³-hybridized carbons (Fsp3) is 0.984. The van der Waals surface area contributed by atoms with Crippen molar-refractivity contribution in [3.05, 3.63) is 0 Å². The first kappa shape index (κ1) is 88.8. The van der Waals surface area contributed by atoms with Crippen LogP contribution < -0.4 is 5.32 Å². The maximum Gasteiger partial charge on any atom is 0.223 e. The Balaban J connectivity index is 3.20. The van der Waals surface area contributed by atoms with Crippen molar-refractivity contribution in [1.82, 2.24) is 5.32 Å². The van der Waals surface area contributed by atoms with Gasteiger partial charge < -0.3 is 114 Å².